The summed E-state index contributed by atoms with van der Waals surface area (Å²) in [6, 6.07) is 12.5. The maximum atomic E-state index is 14.0. The van der Waals surface area contributed by atoms with Crippen LogP contribution >= 0.6 is 0 Å². The van der Waals surface area contributed by atoms with Gasteiger partial charge < -0.3 is 39.9 Å². The van der Waals surface area contributed by atoms with E-state index in [1.165, 1.54) is 14.2 Å². The molecule has 5 heterocycles. The van der Waals surface area contributed by atoms with Crippen LogP contribution in [0, 0.1) is 11.8 Å². The fourth-order valence-corrected chi connectivity index (χ4v) is 9.16. The molecule has 0 radical (unpaired) electrons. The molecule has 0 spiro atoms. The Bertz CT molecular complexity index is 2620. The maximum absolute atomic E-state index is 14.0. The highest BCUT2D eigenvalue weighted by molar-refractivity contribution is 5.92. The second kappa shape index (κ2) is 17.5. The number of carbonyl (C=O) groups excluding carboxylic acids is 4. The van der Waals surface area contributed by atoms with Crippen LogP contribution in [0.3, 0.4) is 0 Å². The SMILES string of the molecule is COC(=O)NC(C(=O)N1CCCC1c1ncc(-c2ccc3cc(-c4cnc5nc(C6CCCN6C(=O)C(NC(=O)OC)C6C=CCC=C6)[nH]c5c4)ccc3c2)[nH]1)C1C=CCC=C1. The number of rotatable bonds is 10. The van der Waals surface area contributed by atoms with Crippen LogP contribution in [0.2, 0.25) is 0 Å². The molecule has 3 aromatic heterocycles. The number of pyridine rings is 1. The first kappa shape index (κ1) is 40.4. The molecule has 2 aliphatic heterocycles. The van der Waals surface area contributed by atoms with Crippen molar-refractivity contribution in [2.75, 3.05) is 27.3 Å². The number of methoxy groups -OCH3 is 2. The van der Waals surface area contributed by atoms with Gasteiger partial charge in [-0.3, -0.25) is 9.59 Å². The molecule has 9 rings (SSSR count). The highest BCUT2D eigenvalue weighted by Crippen LogP contribution is 2.36. The van der Waals surface area contributed by atoms with Gasteiger partial charge in [0.15, 0.2) is 5.65 Å². The van der Waals surface area contributed by atoms with Gasteiger partial charge in [-0.25, -0.2) is 24.5 Å². The molecule has 15 heteroatoms. The molecule has 4 unspecified atom stereocenters. The van der Waals surface area contributed by atoms with Crippen LogP contribution in [0.5, 0.6) is 0 Å². The fourth-order valence-electron chi connectivity index (χ4n) is 9.16. The molecular weight excluding hydrogens is 787 g/mol. The summed E-state index contributed by atoms with van der Waals surface area (Å²) in [5.41, 5.74) is 5.06. The summed E-state index contributed by atoms with van der Waals surface area (Å²) in [7, 11) is 2.59. The lowest BCUT2D eigenvalue weighted by atomic mass is 9.93. The Kier molecular flexibility index (Phi) is 11.4. The maximum Gasteiger partial charge on any atom is 0.407 e. The topological polar surface area (TPSA) is 188 Å². The first-order valence-corrected chi connectivity index (χ1v) is 21.2. The van der Waals surface area contributed by atoms with Crippen molar-refractivity contribution in [2.24, 2.45) is 11.8 Å². The van der Waals surface area contributed by atoms with Gasteiger partial charge in [0.25, 0.3) is 0 Å². The summed E-state index contributed by atoms with van der Waals surface area (Å²) in [6.45, 7) is 1.12. The van der Waals surface area contributed by atoms with E-state index in [9.17, 15) is 19.2 Å². The summed E-state index contributed by atoms with van der Waals surface area (Å²) in [5.74, 6) is 0.467. The van der Waals surface area contributed by atoms with Crippen molar-refractivity contribution in [3.8, 4) is 22.4 Å². The normalized spacial score (nSPS) is 19.9. The third kappa shape index (κ3) is 8.09. The zero-order valence-electron chi connectivity index (χ0n) is 34.6. The Morgan fingerprint density at radius 3 is 1.79 bits per heavy atom. The number of carbonyl (C=O) groups is 4. The molecule has 318 valence electrons. The monoisotopic (exact) mass is 835 g/mol. The molecule has 4 atom stereocenters. The Morgan fingerprint density at radius 2 is 1.21 bits per heavy atom. The van der Waals surface area contributed by atoms with E-state index in [2.05, 4.69) is 57.0 Å². The summed E-state index contributed by atoms with van der Waals surface area (Å²) in [6.07, 6.45) is 22.8. The van der Waals surface area contributed by atoms with Crippen LogP contribution in [0.15, 0.2) is 103 Å². The number of amides is 4. The molecule has 2 fully saturated rings. The number of ether oxygens (including phenoxy) is 2. The highest BCUT2D eigenvalue weighted by Gasteiger charge is 2.40. The second-order valence-electron chi connectivity index (χ2n) is 16.1. The van der Waals surface area contributed by atoms with Crippen molar-refractivity contribution < 1.29 is 28.7 Å². The number of benzene rings is 2. The number of likely N-dealkylation sites (tertiary alicyclic amines) is 2. The Labute approximate surface area is 358 Å². The van der Waals surface area contributed by atoms with Gasteiger partial charge in [0.05, 0.1) is 43.7 Å². The van der Waals surface area contributed by atoms with E-state index < -0.39 is 24.3 Å². The number of hydrogen-bond donors (Lipinski definition) is 4. The summed E-state index contributed by atoms with van der Waals surface area (Å²) >= 11 is 0. The van der Waals surface area contributed by atoms with Gasteiger partial charge in [-0.2, -0.15) is 0 Å². The van der Waals surface area contributed by atoms with E-state index in [0.29, 0.717) is 30.4 Å². The lowest BCUT2D eigenvalue weighted by Crippen LogP contribution is -2.51. The molecule has 0 bridgehead atoms. The number of fused-ring (bicyclic) bond motifs is 2. The van der Waals surface area contributed by atoms with Crippen molar-refractivity contribution in [3.05, 3.63) is 115 Å². The van der Waals surface area contributed by atoms with E-state index in [0.717, 1.165) is 77.2 Å². The number of hydrogen-bond acceptors (Lipinski definition) is 9. The lowest BCUT2D eigenvalue weighted by molar-refractivity contribution is -0.135. The molecule has 2 aliphatic carbocycles. The first-order valence-electron chi connectivity index (χ1n) is 21.2. The number of aromatic amines is 2. The number of nitrogens with one attached hydrogen (secondary N) is 4. The number of alkyl carbamates (subject to hydrolysis) is 2. The molecule has 4 amide bonds. The average Bonchev–Trinajstić information content (AvgIpc) is 4.16. The number of aromatic nitrogens is 5. The third-order valence-corrected chi connectivity index (χ3v) is 12.3. The number of allylic oxidation sites excluding steroid dienone is 4. The summed E-state index contributed by atoms with van der Waals surface area (Å²) in [4.78, 5) is 77.5. The second-order valence-corrected chi connectivity index (χ2v) is 16.1. The molecule has 2 aromatic carbocycles. The van der Waals surface area contributed by atoms with E-state index in [-0.39, 0.29) is 35.7 Å². The van der Waals surface area contributed by atoms with Crippen molar-refractivity contribution >= 4 is 45.9 Å². The minimum absolute atomic E-state index is 0.168. The number of nitrogens with zero attached hydrogens (tertiary/aromatic N) is 5. The van der Waals surface area contributed by atoms with Crippen molar-refractivity contribution in [3.63, 3.8) is 0 Å². The van der Waals surface area contributed by atoms with Crippen LogP contribution in [0.1, 0.15) is 62.3 Å². The third-order valence-electron chi connectivity index (χ3n) is 12.3. The predicted molar refractivity (Wildman–Crippen MR) is 233 cm³/mol. The van der Waals surface area contributed by atoms with Crippen molar-refractivity contribution in [2.45, 2.75) is 62.7 Å². The first-order chi connectivity index (χ1) is 30.3. The van der Waals surface area contributed by atoms with Crippen molar-refractivity contribution in [1.82, 2.24) is 45.4 Å². The Morgan fingerprint density at radius 1 is 0.661 bits per heavy atom. The molecule has 0 saturated carbocycles. The van der Waals surface area contributed by atoms with Crippen molar-refractivity contribution in [1.29, 1.82) is 0 Å². The van der Waals surface area contributed by atoms with Crippen LogP contribution in [0.25, 0.3) is 44.3 Å². The van der Waals surface area contributed by atoms with Gasteiger partial charge in [0, 0.05) is 42.2 Å². The van der Waals surface area contributed by atoms with Gasteiger partial charge in [-0.1, -0.05) is 72.9 Å². The van der Waals surface area contributed by atoms with Crippen LogP contribution in [0.4, 0.5) is 9.59 Å². The number of H-pyrrole nitrogens is 2. The van der Waals surface area contributed by atoms with E-state index in [1.807, 2.05) is 72.0 Å². The van der Waals surface area contributed by atoms with Gasteiger partial charge in [0.1, 0.15) is 23.7 Å². The van der Waals surface area contributed by atoms with Gasteiger partial charge in [0.2, 0.25) is 11.8 Å². The fraction of sp³-hybridized carbons (Fsp3) is 0.340. The largest absolute Gasteiger partial charge is 0.453 e. The molecular formula is C47H49N9O6. The molecule has 62 heavy (non-hydrogen) atoms. The van der Waals surface area contributed by atoms with E-state index >= 15 is 0 Å². The zero-order valence-corrected chi connectivity index (χ0v) is 34.6. The smallest absolute Gasteiger partial charge is 0.407 e. The predicted octanol–water partition coefficient (Wildman–Crippen LogP) is 7.21. The van der Waals surface area contributed by atoms with Gasteiger partial charge >= 0.3 is 12.2 Å². The lowest BCUT2D eigenvalue weighted by Gasteiger charge is -2.31. The highest BCUT2D eigenvalue weighted by atomic mass is 16.5. The standard InChI is InChI=1S/C47H49N9O6/c1-61-46(59)52-39(28-11-5-3-6-12-28)44(57)55-21-9-15-37(55)42-49-27-36(51-42)33-20-19-30-23-32(18-17-31(30)24-33)34-25-35-41(48-26-34)54-43(50-35)38-16-10-22-56(38)45(58)40(53-47(60)62-2)29-13-7-4-8-14-29/h5-8,11-14,17-20,23-29,37-40H,3-4,9-10,15-16,21-22H2,1-2H3,(H,49,51)(H,52,59)(H,53,60)(H,48,50,54). The minimum atomic E-state index is -0.801. The van der Waals surface area contributed by atoms with Crippen LogP contribution in [-0.4, -0.2) is 98.1 Å². The van der Waals surface area contributed by atoms with Gasteiger partial charge in [-0.05, 0) is 73.1 Å². The molecule has 4 N–H and O–H groups in total. The average molecular weight is 836 g/mol. The zero-order chi connectivity index (χ0) is 42.7. The van der Waals surface area contributed by atoms with Crippen LogP contribution in [-0.2, 0) is 19.1 Å². The summed E-state index contributed by atoms with van der Waals surface area (Å²) in [5, 5.41) is 7.63. The quantitative estimate of drug-likeness (QED) is 0.106. The molecule has 2 saturated heterocycles. The van der Waals surface area contributed by atoms with E-state index in [1.54, 1.807) is 4.90 Å². The van der Waals surface area contributed by atoms with Gasteiger partial charge in [-0.15, -0.1) is 0 Å². The Balaban J connectivity index is 0.908. The number of imidazole rings is 2. The summed E-state index contributed by atoms with van der Waals surface area (Å²) < 4.78 is 9.72. The molecule has 4 aliphatic rings. The molecule has 15 nitrogen and oxygen atoms in total. The Hall–Kier alpha value is -7.03. The minimum Gasteiger partial charge on any atom is -0.453 e. The van der Waals surface area contributed by atoms with E-state index in [4.69, 9.17) is 24.4 Å². The molecule has 5 aromatic rings. The van der Waals surface area contributed by atoms with Crippen LogP contribution < -0.4 is 10.6 Å².